The van der Waals surface area contributed by atoms with Crippen molar-refractivity contribution in [2.75, 3.05) is 19.4 Å². The Labute approximate surface area is 126 Å². The fourth-order valence-electron chi connectivity index (χ4n) is 2.11. The number of nitrogens with zero attached hydrogens (tertiary/aromatic N) is 1. The summed E-state index contributed by atoms with van der Waals surface area (Å²) in [4.78, 5) is 2.17. The van der Waals surface area contributed by atoms with Crippen molar-refractivity contribution in [3.63, 3.8) is 0 Å². The first-order valence-electron chi connectivity index (χ1n) is 6.78. The molecule has 0 aliphatic heterocycles. The summed E-state index contributed by atoms with van der Waals surface area (Å²) in [6, 6.07) is 14.6. The summed E-state index contributed by atoms with van der Waals surface area (Å²) in [5, 5.41) is 4.32. The molecule has 0 aromatic heterocycles. The van der Waals surface area contributed by atoms with Crippen molar-refractivity contribution in [1.29, 1.82) is 0 Å². The predicted molar refractivity (Wildman–Crippen MR) is 87.3 cm³/mol. The van der Waals surface area contributed by atoms with Gasteiger partial charge in [0.2, 0.25) is 0 Å². The largest absolute Gasteiger partial charge is 0.381 e. The van der Waals surface area contributed by atoms with Gasteiger partial charge in [-0.25, -0.2) is 0 Å². The van der Waals surface area contributed by atoms with Crippen LogP contribution in [0.3, 0.4) is 0 Å². The van der Waals surface area contributed by atoms with E-state index in [1.807, 2.05) is 13.0 Å². The average Bonchev–Trinajstić information content (AvgIpc) is 2.41. The molecular formula is C17H21ClN2. The molecule has 2 rings (SSSR count). The minimum absolute atomic E-state index is 0.782. The van der Waals surface area contributed by atoms with Gasteiger partial charge in [0.15, 0.2) is 0 Å². The smallest absolute Gasteiger partial charge is 0.0438 e. The van der Waals surface area contributed by atoms with Crippen LogP contribution in [0.5, 0.6) is 0 Å². The van der Waals surface area contributed by atoms with Gasteiger partial charge < -0.3 is 10.2 Å². The first-order valence-corrected chi connectivity index (χ1v) is 7.15. The van der Waals surface area contributed by atoms with Gasteiger partial charge >= 0.3 is 0 Å². The third-order valence-corrected chi connectivity index (χ3v) is 3.63. The summed E-state index contributed by atoms with van der Waals surface area (Å²) in [5.41, 5.74) is 4.79. The Balaban J connectivity index is 2.08. The van der Waals surface area contributed by atoms with Gasteiger partial charge in [-0.05, 0) is 49.8 Å². The number of benzene rings is 2. The van der Waals surface area contributed by atoms with Gasteiger partial charge in [-0.1, -0.05) is 41.9 Å². The number of nitrogens with one attached hydrogen (secondary N) is 1. The summed E-state index contributed by atoms with van der Waals surface area (Å²) in [6.45, 7) is 3.73. The van der Waals surface area contributed by atoms with Gasteiger partial charge in [-0.3, -0.25) is 0 Å². The summed E-state index contributed by atoms with van der Waals surface area (Å²) < 4.78 is 0. The van der Waals surface area contributed by atoms with Gasteiger partial charge in [0, 0.05) is 23.8 Å². The fourth-order valence-corrected chi connectivity index (χ4v) is 2.32. The fraction of sp³-hybridized carbons (Fsp3) is 0.294. The zero-order valence-electron chi connectivity index (χ0n) is 12.3. The molecule has 2 aromatic carbocycles. The van der Waals surface area contributed by atoms with Crippen molar-refractivity contribution in [3.05, 3.63) is 64.2 Å². The predicted octanol–water partition coefficient (Wildman–Crippen LogP) is 4.32. The lowest BCUT2D eigenvalue weighted by Crippen LogP contribution is -2.12. The number of hydrogen-bond donors (Lipinski definition) is 1. The van der Waals surface area contributed by atoms with Crippen molar-refractivity contribution in [3.8, 4) is 0 Å². The number of aryl methyl sites for hydroxylation is 1. The summed E-state index contributed by atoms with van der Waals surface area (Å²) >= 11 is 6.16. The highest BCUT2D eigenvalue weighted by Gasteiger charge is 2.03. The molecule has 0 saturated heterocycles. The molecule has 0 saturated carbocycles. The number of para-hydroxylation sites is 1. The highest BCUT2D eigenvalue weighted by atomic mass is 35.5. The third-order valence-electron chi connectivity index (χ3n) is 3.22. The molecule has 0 atom stereocenters. The number of hydrogen-bond acceptors (Lipinski definition) is 2. The van der Waals surface area contributed by atoms with E-state index in [1.165, 1.54) is 16.8 Å². The van der Waals surface area contributed by atoms with Crippen molar-refractivity contribution in [2.24, 2.45) is 0 Å². The SMILES string of the molecule is Cc1ccc(CNc2ccccc2CN(C)C)cc1Cl. The Hall–Kier alpha value is -1.51. The quantitative estimate of drug-likeness (QED) is 0.881. The molecule has 3 heteroatoms. The van der Waals surface area contributed by atoms with Crippen LogP contribution in [0.25, 0.3) is 0 Å². The van der Waals surface area contributed by atoms with Gasteiger partial charge in [0.25, 0.3) is 0 Å². The summed E-state index contributed by atoms with van der Waals surface area (Å²) in [7, 11) is 4.16. The van der Waals surface area contributed by atoms with Crippen LogP contribution in [0.4, 0.5) is 5.69 Å². The lowest BCUT2D eigenvalue weighted by atomic mass is 10.1. The van der Waals surface area contributed by atoms with Crippen molar-refractivity contribution >= 4 is 17.3 Å². The first kappa shape index (κ1) is 14.9. The molecular weight excluding hydrogens is 268 g/mol. The zero-order valence-corrected chi connectivity index (χ0v) is 13.0. The lowest BCUT2D eigenvalue weighted by Gasteiger charge is -2.15. The Morgan fingerprint density at radius 3 is 2.55 bits per heavy atom. The van der Waals surface area contributed by atoms with Gasteiger partial charge in [0.1, 0.15) is 0 Å². The van der Waals surface area contributed by atoms with Crippen LogP contribution in [0.1, 0.15) is 16.7 Å². The molecule has 2 nitrogen and oxygen atoms in total. The maximum absolute atomic E-state index is 6.16. The van der Waals surface area contributed by atoms with E-state index in [0.29, 0.717) is 0 Å². The molecule has 1 N–H and O–H groups in total. The molecule has 0 fully saturated rings. The second kappa shape index (κ2) is 6.78. The minimum atomic E-state index is 0.782. The van der Waals surface area contributed by atoms with E-state index in [1.54, 1.807) is 0 Å². The van der Waals surface area contributed by atoms with E-state index >= 15 is 0 Å². The summed E-state index contributed by atoms with van der Waals surface area (Å²) in [6.07, 6.45) is 0. The minimum Gasteiger partial charge on any atom is -0.381 e. The number of halogens is 1. The Morgan fingerprint density at radius 1 is 1.10 bits per heavy atom. The monoisotopic (exact) mass is 288 g/mol. The maximum Gasteiger partial charge on any atom is 0.0438 e. The van der Waals surface area contributed by atoms with E-state index in [0.717, 1.165) is 23.7 Å². The van der Waals surface area contributed by atoms with Crippen LogP contribution in [-0.4, -0.2) is 19.0 Å². The average molecular weight is 289 g/mol. The van der Waals surface area contributed by atoms with E-state index in [9.17, 15) is 0 Å². The Bertz CT molecular complexity index is 579. The van der Waals surface area contributed by atoms with Gasteiger partial charge in [0.05, 0.1) is 0 Å². The molecule has 106 valence electrons. The second-order valence-electron chi connectivity index (χ2n) is 5.33. The van der Waals surface area contributed by atoms with E-state index in [4.69, 9.17) is 11.6 Å². The van der Waals surface area contributed by atoms with E-state index in [-0.39, 0.29) is 0 Å². The zero-order chi connectivity index (χ0) is 14.5. The van der Waals surface area contributed by atoms with Crippen LogP contribution in [-0.2, 0) is 13.1 Å². The van der Waals surface area contributed by atoms with Crippen molar-refractivity contribution < 1.29 is 0 Å². The molecule has 0 aliphatic rings. The van der Waals surface area contributed by atoms with Crippen LogP contribution in [0.2, 0.25) is 5.02 Å². The number of rotatable bonds is 5. The Kier molecular flexibility index (Phi) is 5.05. The first-order chi connectivity index (χ1) is 9.56. The molecule has 2 aromatic rings. The van der Waals surface area contributed by atoms with Gasteiger partial charge in [-0.2, -0.15) is 0 Å². The highest BCUT2D eigenvalue weighted by molar-refractivity contribution is 6.31. The van der Waals surface area contributed by atoms with Crippen LogP contribution in [0, 0.1) is 6.92 Å². The molecule has 0 aliphatic carbocycles. The second-order valence-corrected chi connectivity index (χ2v) is 5.74. The maximum atomic E-state index is 6.16. The Morgan fingerprint density at radius 2 is 1.85 bits per heavy atom. The molecule has 20 heavy (non-hydrogen) atoms. The van der Waals surface area contributed by atoms with Crippen molar-refractivity contribution in [2.45, 2.75) is 20.0 Å². The molecule has 0 heterocycles. The lowest BCUT2D eigenvalue weighted by molar-refractivity contribution is 0.403. The van der Waals surface area contributed by atoms with Gasteiger partial charge in [-0.15, -0.1) is 0 Å². The third kappa shape index (κ3) is 3.99. The molecule has 0 amide bonds. The summed E-state index contributed by atoms with van der Waals surface area (Å²) in [5.74, 6) is 0. The number of anilines is 1. The molecule has 0 unspecified atom stereocenters. The van der Waals surface area contributed by atoms with Crippen LogP contribution >= 0.6 is 11.6 Å². The molecule has 0 radical (unpaired) electrons. The molecule has 0 bridgehead atoms. The standard InChI is InChI=1S/C17H21ClN2/c1-13-8-9-14(10-16(13)18)11-19-17-7-5-4-6-15(17)12-20(2)3/h4-10,19H,11-12H2,1-3H3. The highest BCUT2D eigenvalue weighted by Crippen LogP contribution is 2.20. The van der Waals surface area contributed by atoms with Crippen LogP contribution < -0.4 is 5.32 Å². The topological polar surface area (TPSA) is 15.3 Å². The normalized spacial score (nSPS) is 10.8. The van der Waals surface area contributed by atoms with Crippen LogP contribution in [0.15, 0.2) is 42.5 Å². The van der Waals surface area contributed by atoms with E-state index in [2.05, 4.69) is 60.7 Å². The van der Waals surface area contributed by atoms with Crippen molar-refractivity contribution in [1.82, 2.24) is 4.90 Å². The van der Waals surface area contributed by atoms with E-state index < -0.39 is 0 Å². The molecule has 0 spiro atoms.